The predicted molar refractivity (Wildman–Crippen MR) is 78.6 cm³/mol. The Morgan fingerprint density at radius 3 is 1.40 bits per heavy atom. The number of carbonyl (C=O) groups is 3. The van der Waals surface area contributed by atoms with Gasteiger partial charge in [0.25, 0.3) is 0 Å². The second kappa shape index (κ2) is 11.6. The molecule has 10 heteroatoms. The van der Waals surface area contributed by atoms with Crippen LogP contribution in [0.1, 0.15) is 6.92 Å². The first-order chi connectivity index (χ1) is 9.09. The van der Waals surface area contributed by atoms with Gasteiger partial charge in [0.2, 0.25) is 0 Å². The molecule has 0 aliphatic heterocycles. The first-order valence-electron chi connectivity index (χ1n) is 5.19. The zero-order valence-corrected chi connectivity index (χ0v) is 12.4. The van der Waals surface area contributed by atoms with Gasteiger partial charge in [0, 0.05) is 17.1 Å². The van der Waals surface area contributed by atoms with E-state index in [1.54, 1.807) is 0 Å². The smallest absolute Gasteiger partial charge is 0.330 e. The molecule has 0 aliphatic carbocycles. The summed E-state index contributed by atoms with van der Waals surface area (Å²) in [7, 11) is 2.41. The summed E-state index contributed by atoms with van der Waals surface area (Å²) in [5.41, 5.74) is 10.6. The lowest BCUT2D eigenvalue weighted by Crippen LogP contribution is -2.33. The number of hydrogen-bond donors (Lipinski definition) is 5. The Morgan fingerprint density at radius 1 is 1.00 bits per heavy atom. The maximum atomic E-state index is 10.3. The summed E-state index contributed by atoms with van der Waals surface area (Å²) < 4.78 is 0. The molecule has 20 heavy (non-hydrogen) atoms. The highest BCUT2D eigenvalue weighted by Gasteiger charge is 2.14. The molecule has 0 amide bonds. The number of hydrogen-bond acceptors (Lipinski definition) is 7. The van der Waals surface area contributed by atoms with Crippen molar-refractivity contribution in [3.05, 3.63) is 12.2 Å². The quantitative estimate of drug-likeness (QED) is 0.230. The monoisotopic (exact) mass is 326 g/mol. The Balaban J connectivity index is 0. The molecule has 116 valence electrons. The number of carboxylic acid groups (broad SMARTS) is 3. The van der Waals surface area contributed by atoms with Gasteiger partial charge in [-0.3, -0.25) is 9.59 Å². The van der Waals surface area contributed by atoms with Crippen LogP contribution in [0.5, 0.6) is 0 Å². The second-order valence-corrected chi connectivity index (χ2v) is 6.10. The number of aliphatic carboxylic acids is 3. The van der Waals surface area contributed by atoms with Gasteiger partial charge in [-0.25, -0.2) is 4.79 Å². The van der Waals surface area contributed by atoms with Gasteiger partial charge < -0.3 is 26.8 Å². The Hall–Kier alpha value is -1.23. The van der Waals surface area contributed by atoms with E-state index in [1.807, 2.05) is 0 Å². The molecule has 0 aromatic carbocycles. The molecule has 0 fully saturated rings. The molecule has 0 aliphatic rings. The van der Waals surface area contributed by atoms with Crippen LogP contribution >= 0.6 is 21.6 Å². The standard InChI is InChI=1S/C6H12N2O4S2.C4H6O2/c7-3(5(9)10)1-13-14-2-4(8)6(11)12;1-3(2)4(5)6/h3-4H,1-2,7-8H2,(H,9,10)(H,11,12);1H2,2H3,(H,5,6). The van der Waals surface area contributed by atoms with Gasteiger partial charge in [-0.2, -0.15) is 0 Å². The van der Waals surface area contributed by atoms with Crippen LogP contribution in [0.15, 0.2) is 12.2 Å². The van der Waals surface area contributed by atoms with E-state index >= 15 is 0 Å². The molecule has 0 aromatic rings. The normalized spacial score (nSPS) is 12.6. The summed E-state index contributed by atoms with van der Waals surface area (Å²) in [6, 6.07) is -1.85. The molecule has 0 rings (SSSR count). The van der Waals surface area contributed by atoms with Gasteiger partial charge in [-0.15, -0.1) is 0 Å². The van der Waals surface area contributed by atoms with E-state index in [4.69, 9.17) is 26.8 Å². The van der Waals surface area contributed by atoms with Gasteiger partial charge in [0.05, 0.1) is 0 Å². The lowest BCUT2D eigenvalue weighted by molar-refractivity contribution is -0.138. The SMILES string of the molecule is C=C(C)C(=O)O.NC(CSSCC(N)C(=O)O)C(=O)O. The first kappa shape index (κ1) is 21.1. The predicted octanol–water partition coefficient (Wildman–Crippen LogP) is -0.161. The number of nitrogens with two attached hydrogens (primary N) is 2. The lowest BCUT2D eigenvalue weighted by Gasteiger charge is -2.07. The summed E-state index contributed by atoms with van der Waals surface area (Å²) in [6.07, 6.45) is 0. The van der Waals surface area contributed by atoms with Crippen molar-refractivity contribution in [2.45, 2.75) is 19.0 Å². The fourth-order valence-corrected chi connectivity index (χ4v) is 2.61. The molecule has 2 unspecified atom stereocenters. The Kier molecular flexibility index (Phi) is 12.2. The van der Waals surface area contributed by atoms with Crippen LogP contribution in [-0.2, 0) is 14.4 Å². The minimum absolute atomic E-state index is 0.176. The van der Waals surface area contributed by atoms with Crippen molar-refractivity contribution < 1.29 is 29.7 Å². The largest absolute Gasteiger partial charge is 0.480 e. The van der Waals surface area contributed by atoms with Gasteiger partial charge >= 0.3 is 17.9 Å². The molecule has 0 spiro atoms. The highest BCUT2D eigenvalue weighted by molar-refractivity contribution is 8.76. The summed E-state index contributed by atoms with van der Waals surface area (Å²) >= 11 is 0. The van der Waals surface area contributed by atoms with Crippen LogP contribution in [0.3, 0.4) is 0 Å². The van der Waals surface area contributed by atoms with E-state index in [0.717, 1.165) is 0 Å². The van der Waals surface area contributed by atoms with Crippen LogP contribution in [0.2, 0.25) is 0 Å². The third kappa shape index (κ3) is 13.2. The van der Waals surface area contributed by atoms with E-state index in [-0.39, 0.29) is 17.1 Å². The molecule has 2 atom stereocenters. The Labute approximate surface area is 124 Å². The van der Waals surface area contributed by atoms with E-state index in [0.29, 0.717) is 0 Å². The number of carboxylic acids is 3. The van der Waals surface area contributed by atoms with Crippen LogP contribution in [0, 0.1) is 0 Å². The molecule has 0 radical (unpaired) electrons. The minimum atomic E-state index is -1.07. The molecular formula is C10H18N2O6S2. The van der Waals surface area contributed by atoms with E-state index in [9.17, 15) is 14.4 Å². The highest BCUT2D eigenvalue weighted by Crippen LogP contribution is 2.22. The van der Waals surface area contributed by atoms with Crippen molar-refractivity contribution in [1.29, 1.82) is 0 Å². The molecule has 0 heterocycles. The summed E-state index contributed by atoms with van der Waals surface area (Å²) in [5, 5.41) is 24.7. The van der Waals surface area contributed by atoms with Gasteiger partial charge in [0.1, 0.15) is 12.1 Å². The maximum Gasteiger partial charge on any atom is 0.330 e. The average Bonchev–Trinajstić information content (AvgIpc) is 2.34. The highest BCUT2D eigenvalue weighted by atomic mass is 33.1. The van der Waals surface area contributed by atoms with Gasteiger partial charge in [-0.05, 0) is 6.92 Å². The van der Waals surface area contributed by atoms with E-state index in [1.165, 1.54) is 28.5 Å². The second-order valence-electron chi connectivity index (χ2n) is 3.54. The number of rotatable bonds is 8. The van der Waals surface area contributed by atoms with Crippen LogP contribution in [0.25, 0.3) is 0 Å². The fraction of sp³-hybridized carbons (Fsp3) is 0.500. The van der Waals surface area contributed by atoms with Crippen molar-refractivity contribution >= 4 is 39.5 Å². The van der Waals surface area contributed by atoms with Gasteiger partial charge in [-0.1, -0.05) is 28.2 Å². The van der Waals surface area contributed by atoms with Crippen molar-refractivity contribution in [2.75, 3.05) is 11.5 Å². The van der Waals surface area contributed by atoms with Crippen LogP contribution in [0.4, 0.5) is 0 Å². The van der Waals surface area contributed by atoms with Crippen LogP contribution < -0.4 is 11.5 Å². The van der Waals surface area contributed by atoms with E-state index < -0.39 is 30.0 Å². The Morgan fingerprint density at radius 2 is 1.25 bits per heavy atom. The van der Waals surface area contributed by atoms with Crippen molar-refractivity contribution in [3.8, 4) is 0 Å². The summed E-state index contributed by atoms with van der Waals surface area (Å²) in [5.74, 6) is -2.62. The van der Waals surface area contributed by atoms with Crippen LogP contribution in [-0.4, -0.2) is 56.8 Å². The van der Waals surface area contributed by atoms with Crippen molar-refractivity contribution in [1.82, 2.24) is 0 Å². The third-order valence-corrected chi connectivity index (χ3v) is 4.05. The summed E-state index contributed by atoms with van der Waals surface area (Å²) in [6.45, 7) is 4.60. The summed E-state index contributed by atoms with van der Waals surface area (Å²) in [4.78, 5) is 30.1. The molecule has 0 saturated carbocycles. The molecule has 7 N–H and O–H groups in total. The molecule has 0 bridgehead atoms. The molecular weight excluding hydrogens is 308 g/mol. The zero-order valence-electron chi connectivity index (χ0n) is 10.8. The third-order valence-electron chi connectivity index (χ3n) is 1.58. The average molecular weight is 326 g/mol. The first-order valence-corrected chi connectivity index (χ1v) is 7.68. The topological polar surface area (TPSA) is 164 Å². The van der Waals surface area contributed by atoms with Crippen molar-refractivity contribution in [3.63, 3.8) is 0 Å². The lowest BCUT2D eigenvalue weighted by atomic mass is 10.4. The molecule has 8 nitrogen and oxygen atoms in total. The van der Waals surface area contributed by atoms with Gasteiger partial charge in [0.15, 0.2) is 0 Å². The minimum Gasteiger partial charge on any atom is -0.480 e. The van der Waals surface area contributed by atoms with E-state index in [2.05, 4.69) is 6.58 Å². The Bertz CT molecular complexity index is 330. The maximum absolute atomic E-state index is 10.3. The van der Waals surface area contributed by atoms with Crippen molar-refractivity contribution in [2.24, 2.45) is 11.5 Å². The molecule has 0 aromatic heterocycles. The fourth-order valence-electron chi connectivity index (χ4n) is 0.385. The molecule has 0 saturated heterocycles. The zero-order chi connectivity index (χ0) is 16.3.